The fourth-order valence-electron chi connectivity index (χ4n) is 2.21. The summed E-state index contributed by atoms with van der Waals surface area (Å²) in [5.41, 5.74) is 1.74. The van der Waals surface area contributed by atoms with Crippen LogP contribution in [-0.4, -0.2) is 29.0 Å². The van der Waals surface area contributed by atoms with Gasteiger partial charge in [-0.25, -0.2) is 4.98 Å². The molecule has 0 unspecified atom stereocenters. The van der Waals surface area contributed by atoms with Gasteiger partial charge in [0, 0.05) is 36.5 Å². The van der Waals surface area contributed by atoms with E-state index < -0.39 is 0 Å². The van der Waals surface area contributed by atoms with Crippen LogP contribution in [0.15, 0.2) is 52.7 Å². The number of carbonyl (C=O) groups is 1. The van der Waals surface area contributed by atoms with Gasteiger partial charge in [-0.2, -0.15) is 0 Å². The molecule has 0 bridgehead atoms. The highest BCUT2D eigenvalue weighted by atomic mass is 32.1. The minimum absolute atomic E-state index is 0.0333. The van der Waals surface area contributed by atoms with Crippen LogP contribution in [0.3, 0.4) is 0 Å². The molecule has 0 spiro atoms. The van der Waals surface area contributed by atoms with Gasteiger partial charge in [-0.3, -0.25) is 9.78 Å². The number of carbonyl (C=O) groups excluding carboxylic acids is 1. The van der Waals surface area contributed by atoms with Crippen LogP contribution < -0.4 is 5.32 Å². The third-order valence-corrected chi connectivity index (χ3v) is 4.35. The number of hydrogen-bond acceptors (Lipinski definition) is 6. The van der Waals surface area contributed by atoms with Gasteiger partial charge in [-0.05, 0) is 30.7 Å². The van der Waals surface area contributed by atoms with E-state index in [-0.39, 0.29) is 12.3 Å². The summed E-state index contributed by atoms with van der Waals surface area (Å²) < 4.78 is 10.6. The molecule has 1 amide bonds. The number of ether oxygens (including phenoxy) is 1. The van der Waals surface area contributed by atoms with E-state index >= 15 is 0 Å². The van der Waals surface area contributed by atoms with Gasteiger partial charge >= 0.3 is 0 Å². The SMILES string of the molecule is O=C(Cc1csc(-c2cccnc2)n1)NCCCOCc1ccco1. The van der Waals surface area contributed by atoms with Crippen LogP contribution in [0.2, 0.25) is 0 Å². The van der Waals surface area contributed by atoms with E-state index in [1.807, 2.05) is 29.6 Å². The molecule has 25 heavy (non-hydrogen) atoms. The van der Waals surface area contributed by atoms with E-state index in [4.69, 9.17) is 9.15 Å². The van der Waals surface area contributed by atoms with Crippen LogP contribution in [-0.2, 0) is 22.6 Å². The van der Waals surface area contributed by atoms with Crippen molar-refractivity contribution < 1.29 is 13.9 Å². The van der Waals surface area contributed by atoms with E-state index in [1.54, 1.807) is 18.7 Å². The van der Waals surface area contributed by atoms with Crippen molar-refractivity contribution in [3.63, 3.8) is 0 Å². The van der Waals surface area contributed by atoms with Gasteiger partial charge in [0.2, 0.25) is 5.91 Å². The maximum Gasteiger partial charge on any atom is 0.226 e. The van der Waals surface area contributed by atoms with Crippen molar-refractivity contribution in [2.45, 2.75) is 19.4 Å². The van der Waals surface area contributed by atoms with Gasteiger partial charge < -0.3 is 14.5 Å². The van der Waals surface area contributed by atoms with E-state index in [0.717, 1.165) is 28.4 Å². The summed E-state index contributed by atoms with van der Waals surface area (Å²) in [5.74, 6) is 0.769. The van der Waals surface area contributed by atoms with Gasteiger partial charge in [0.15, 0.2) is 0 Å². The van der Waals surface area contributed by atoms with Crippen LogP contribution in [0, 0.1) is 0 Å². The van der Waals surface area contributed by atoms with Crippen LogP contribution in [0.4, 0.5) is 0 Å². The van der Waals surface area contributed by atoms with Crippen molar-refractivity contribution in [1.82, 2.24) is 15.3 Å². The minimum Gasteiger partial charge on any atom is -0.467 e. The summed E-state index contributed by atoms with van der Waals surface area (Å²) in [6.07, 6.45) is 6.15. The maximum absolute atomic E-state index is 12.0. The first-order chi connectivity index (χ1) is 12.3. The highest BCUT2D eigenvalue weighted by molar-refractivity contribution is 7.13. The number of hydrogen-bond donors (Lipinski definition) is 1. The first-order valence-electron chi connectivity index (χ1n) is 8.03. The second-order valence-electron chi connectivity index (χ2n) is 5.40. The molecule has 3 rings (SSSR count). The van der Waals surface area contributed by atoms with Crippen LogP contribution in [0.1, 0.15) is 17.9 Å². The Balaban J connectivity index is 1.33. The molecule has 0 saturated carbocycles. The van der Waals surface area contributed by atoms with Crippen molar-refractivity contribution in [2.75, 3.05) is 13.2 Å². The summed E-state index contributed by atoms with van der Waals surface area (Å²) in [4.78, 5) is 20.5. The fraction of sp³-hybridized carbons (Fsp3) is 0.278. The summed E-state index contributed by atoms with van der Waals surface area (Å²) in [6.45, 7) is 1.61. The zero-order chi connectivity index (χ0) is 17.3. The number of rotatable bonds is 9. The molecule has 7 heteroatoms. The molecule has 130 valence electrons. The smallest absolute Gasteiger partial charge is 0.226 e. The molecular formula is C18H19N3O3S. The molecule has 3 aromatic heterocycles. The molecular weight excluding hydrogens is 338 g/mol. The molecule has 0 aromatic carbocycles. The molecule has 0 aliphatic heterocycles. The van der Waals surface area contributed by atoms with E-state index in [9.17, 15) is 4.79 Å². The molecule has 0 saturated heterocycles. The molecule has 0 aliphatic rings. The lowest BCUT2D eigenvalue weighted by molar-refractivity contribution is -0.120. The van der Waals surface area contributed by atoms with Crippen LogP contribution in [0.25, 0.3) is 10.6 Å². The molecule has 0 fully saturated rings. The molecule has 0 radical (unpaired) electrons. The number of aromatic nitrogens is 2. The van der Waals surface area contributed by atoms with E-state index in [2.05, 4.69) is 15.3 Å². The zero-order valence-electron chi connectivity index (χ0n) is 13.7. The summed E-state index contributed by atoms with van der Waals surface area (Å²) in [7, 11) is 0. The predicted molar refractivity (Wildman–Crippen MR) is 95.0 cm³/mol. The third-order valence-electron chi connectivity index (χ3n) is 3.41. The van der Waals surface area contributed by atoms with Crippen LogP contribution >= 0.6 is 11.3 Å². The van der Waals surface area contributed by atoms with Gasteiger partial charge in [0.1, 0.15) is 17.4 Å². The third kappa shape index (κ3) is 5.51. The Bertz CT molecular complexity index is 772. The van der Waals surface area contributed by atoms with Gasteiger partial charge in [0.25, 0.3) is 0 Å². The lowest BCUT2D eigenvalue weighted by Crippen LogP contribution is -2.26. The molecule has 6 nitrogen and oxygen atoms in total. The van der Waals surface area contributed by atoms with E-state index in [1.165, 1.54) is 11.3 Å². The fourth-order valence-corrected chi connectivity index (χ4v) is 3.02. The Morgan fingerprint density at radius 1 is 1.32 bits per heavy atom. The van der Waals surface area contributed by atoms with Crippen molar-refractivity contribution in [3.05, 3.63) is 59.8 Å². The largest absolute Gasteiger partial charge is 0.467 e. The standard InChI is InChI=1S/C18H19N3O3S/c22-17(20-7-3-8-23-12-16-5-2-9-24-16)10-15-13-25-18(21-15)14-4-1-6-19-11-14/h1-2,4-6,9,11,13H,3,7-8,10,12H2,(H,20,22). The number of amides is 1. The van der Waals surface area contributed by atoms with Crippen molar-refractivity contribution in [2.24, 2.45) is 0 Å². The summed E-state index contributed by atoms with van der Waals surface area (Å²) in [6, 6.07) is 7.53. The lowest BCUT2D eigenvalue weighted by atomic mass is 10.3. The maximum atomic E-state index is 12.0. The Morgan fingerprint density at radius 3 is 3.08 bits per heavy atom. The Labute approximate surface area is 149 Å². The quantitative estimate of drug-likeness (QED) is 0.596. The molecule has 3 aromatic rings. The first-order valence-corrected chi connectivity index (χ1v) is 8.91. The van der Waals surface area contributed by atoms with Crippen molar-refractivity contribution in [3.8, 4) is 10.6 Å². The normalized spacial score (nSPS) is 10.7. The number of nitrogens with one attached hydrogen (secondary N) is 1. The average Bonchev–Trinajstić information content (AvgIpc) is 3.31. The highest BCUT2D eigenvalue weighted by Crippen LogP contribution is 2.22. The second-order valence-corrected chi connectivity index (χ2v) is 6.26. The minimum atomic E-state index is -0.0333. The van der Waals surface area contributed by atoms with Crippen molar-refractivity contribution >= 4 is 17.2 Å². The Morgan fingerprint density at radius 2 is 2.28 bits per heavy atom. The topological polar surface area (TPSA) is 77.2 Å². The summed E-state index contributed by atoms with van der Waals surface area (Å²) in [5, 5.41) is 5.67. The van der Waals surface area contributed by atoms with E-state index in [0.29, 0.717) is 19.8 Å². The number of thiazole rings is 1. The Hall–Kier alpha value is -2.51. The highest BCUT2D eigenvalue weighted by Gasteiger charge is 2.08. The van der Waals surface area contributed by atoms with Gasteiger partial charge in [-0.1, -0.05) is 0 Å². The molecule has 0 aliphatic carbocycles. The summed E-state index contributed by atoms with van der Waals surface area (Å²) >= 11 is 1.52. The van der Waals surface area contributed by atoms with Crippen LogP contribution in [0.5, 0.6) is 0 Å². The molecule has 1 N–H and O–H groups in total. The first kappa shape index (κ1) is 17.3. The zero-order valence-corrected chi connectivity index (χ0v) is 14.5. The number of pyridine rings is 1. The monoisotopic (exact) mass is 357 g/mol. The molecule has 0 atom stereocenters. The second kappa shape index (κ2) is 9.10. The number of furan rings is 1. The van der Waals surface area contributed by atoms with Gasteiger partial charge in [-0.15, -0.1) is 11.3 Å². The van der Waals surface area contributed by atoms with Gasteiger partial charge in [0.05, 0.1) is 18.4 Å². The van der Waals surface area contributed by atoms with Crippen molar-refractivity contribution in [1.29, 1.82) is 0 Å². The Kier molecular flexibility index (Phi) is 6.30. The number of nitrogens with zero attached hydrogens (tertiary/aromatic N) is 2. The predicted octanol–water partition coefficient (Wildman–Crippen LogP) is 3.06. The average molecular weight is 357 g/mol. The lowest BCUT2D eigenvalue weighted by Gasteiger charge is -2.04. The molecule has 3 heterocycles.